The predicted octanol–water partition coefficient (Wildman–Crippen LogP) is 4.11. The van der Waals surface area contributed by atoms with Crippen molar-refractivity contribution in [1.29, 1.82) is 0 Å². The summed E-state index contributed by atoms with van der Waals surface area (Å²) in [6, 6.07) is 0.529. The van der Waals surface area contributed by atoms with Crippen LogP contribution in [0.3, 0.4) is 0 Å². The third-order valence-corrected chi connectivity index (χ3v) is 5.36. The summed E-state index contributed by atoms with van der Waals surface area (Å²) < 4.78 is 0. The molecular weight excluding hydrogens is 232 g/mol. The second kappa shape index (κ2) is 6.13. The fourth-order valence-corrected chi connectivity index (χ4v) is 4.88. The Morgan fingerprint density at radius 1 is 1.21 bits per heavy atom. The van der Waals surface area contributed by atoms with E-state index in [1.165, 1.54) is 44.9 Å². The van der Waals surface area contributed by atoms with Crippen LogP contribution >= 0.6 is 0 Å². The predicted molar refractivity (Wildman–Crippen MR) is 82.5 cm³/mol. The highest BCUT2D eigenvalue weighted by atomic mass is 15.2. The summed E-state index contributed by atoms with van der Waals surface area (Å²) in [7, 11) is 0. The van der Waals surface area contributed by atoms with Gasteiger partial charge >= 0.3 is 0 Å². The number of hydrazine groups is 1. The molecule has 3 N–H and O–H groups in total. The number of nitrogens with two attached hydrogens (primary N) is 1. The van der Waals surface area contributed by atoms with E-state index in [1.807, 2.05) is 0 Å². The Hall–Kier alpha value is -0.0800. The molecule has 0 aliphatic heterocycles. The van der Waals surface area contributed by atoms with Crippen molar-refractivity contribution in [2.75, 3.05) is 0 Å². The molecule has 2 aliphatic rings. The van der Waals surface area contributed by atoms with Crippen LogP contribution in [0.4, 0.5) is 0 Å². The van der Waals surface area contributed by atoms with Gasteiger partial charge in [-0.2, -0.15) is 0 Å². The van der Waals surface area contributed by atoms with Crippen LogP contribution in [0.2, 0.25) is 0 Å². The van der Waals surface area contributed by atoms with Crippen molar-refractivity contribution < 1.29 is 0 Å². The summed E-state index contributed by atoms with van der Waals surface area (Å²) in [6.07, 6.45) is 9.83. The molecule has 0 heterocycles. The lowest BCUT2D eigenvalue weighted by atomic mass is 9.79. The second-order valence-electron chi connectivity index (χ2n) is 8.64. The minimum Gasteiger partial charge on any atom is -0.271 e. The van der Waals surface area contributed by atoms with Crippen LogP contribution in [0, 0.1) is 29.1 Å². The molecule has 19 heavy (non-hydrogen) atoms. The van der Waals surface area contributed by atoms with Crippen LogP contribution in [-0.4, -0.2) is 6.04 Å². The normalized spacial score (nSPS) is 33.6. The van der Waals surface area contributed by atoms with Gasteiger partial charge in [-0.1, -0.05) is 34.1 Å². The third-order valence-electron chi connectivity index (χ3n) is 5.36. The highest BCUT2D eigenvalue weighted by molar-refractivity contribution is 4.91. The number of nitrogens with one attached hydrogen (secondary N) is 1. The summed E-state index contributed by atoms with van der Waals surface area (Å²) in [5.74, 6) is 9.62. The molecule has 112 valence electrons. The Kier molecular flexibility index (Phi) is 4.94. The Morgan fingerprint density at radius 3 is 2.42 bits per heavy atom. The van der Waals surface area contributed by atoms with Gasteiger partial charge in [0.1, 0.15) is 0 Å². The first-order chi connectivity index (χ1) is 8.87. The maximum atomic E-state index is 5.81. The highest BCUT2D eigenvalue weighted by Gasteiger charge is 2.40. The Morgan fingerprint density at radius 2 is 1.95 bits per heavy atom. The number of hydrogen-bond acceptors (Lipinski definition) is 2. The lowest BCUT2D eigenvalue weighted by molar-refractivity contribution is 0.233. The van der Waals surface area contributed by atoms with Crippen LogP contribution in [0.5, 0.6) is 0 Å². The average Bonchev–Trinajstić information content (AvgIpc) is 2.87. The number of rotatable bonds is 6. The van der Waals surface area contributed by atoms with Gasteiger partial charge in [0.2, 0.25) is 0 Å². The smallest absolute Gasteiger partial charge is 0.0215 e. The molecular formula is C17H34N2. The molecule has 0 aromatic rings. The molecule has 0 aromatic heterocycles. The van der Waals surface area contributed by atoms with Gasteiger partial charge in [0, 0.05) is 6.04 Å². The van der Waals surface area contributed by atoms with E-state index in [2.05, 4.69) is 33.1 Å². The van der Waals surface area contributed by atoms with Gasteiger partial charge < -0.3 is 0 Å². The molecule has 0 saturated heterocycles. The lowest BCUT2D eigenvalue weighted by Gasteiger charge is -2.30. The monoisotopic (exact) mass is 266 g/mol. The molecule has 2 bridgehead atoms. The molecule has 0 radical (unpaired) electrons. The van der Waals surface area contributed by atoms with E-state index in [1.54, 1.807) is 0 Å². The molecule has 5 atom stereocenters. The van der Waals surface area contributed by atoms with Crippen LogP contribution in [0.1, 0.15) is 72.6 Å². The highest BCUT2D eigenvalue weighted by Crippen LogP contribution is 2.50. The van der Waals surface area contributed by atoms with Crippen molar-refractivity contribution in [2.24, 2.45) is 34.9 Å². The first-order valence-electron chi connectivity index (χ1n) is 8.33. The molecule has 2 aliphatic carbocycles. The topological polar surface area (TPSA) is 38.0 Å². The minimum absolute atomic E-state index is 0.436. The summed E-state index contributed by atoms with van der Waals surface area (Å²) in [5, 5.41) is 0. The standard InChI is InChI=1S/C17H34N2/c1-12(11-17(2,3)4)7-16(19-18)10-15-9-13-5-6-14(15)8-13/h12-16,19H,5-11,18H2,1-4H3. The fraction of sp³-hybridized carbons (Fsp3) is 1.00. The van der Waals surface area contributed by atoms with E-state index in [0.29, 0.717) is 11.5 Å². The van der Waals surface area contributed by atoms with Gasteiger partial charge in [-0.25, -0.2) is 0 Å². The Labute approximate surface area is 119 Å². The SMILES string of the molecule is CC(CC(CC1CC2CCC1C2)NN)CC(C)(C)C. The second-order valence-corrected chi connectivity index (χ2v) is 8.64. The first kappa shape index (κ1) is 15.3. The van der Waals surface area contributed by atoms with Crippen molar-refractivity contribution >= 4 is 0 Å². The van der Waals surface area contributed by atoms with Crippen molar-refractivity contribution in [3.8, 4) is 0 Å². The van der Waals surface area contributed by atoms with Crippen molar-refractivity contribution in [3.05, 3.63) is 0 Å². The van der Waals surface area contributed by atoms with E-state index in [0.717, 1.165) is 23.7 Å². The number of fused-ring (bicyclic) bond motifs is 2. The van der Waals surface area contributed by atoms with Crippen LogP contribution < -0.4 is 11.3 Å². The van der Waals surface area contributed by atoms with Gasteiger partial charge in [-0.05, 0) is 67.6 Å². The quantitative estimate of drug-likeness (QED) is 0.561. The third kappa shape index (κ3) is 4.46. The van der Waals surface area contributed by atoms with E-state index in [9.17, 15) is 0 Å². The first-order valence-corrected chi connectivity index (χ1v) is 8.33. The van der Waals surface area contributed by atoms with Crippen LogP contribution in [0.15, 0.2) is 0 Å². The molecule has 2 saturated carbocycles. The largest absolute Gasteiger partial charge is 0.271 e. The van der Waals surface area contributed by atoms with E-state index in [4.69, 9.17) is 5.84 Å². The molecule has 2 heteroatoms. The van der Waals surface area contributed by atoms with Crippen molar-refractivity contribution in [1.82, 2.24) is 5.43 Å². The summed E-state index contributed by atoms with van der Waals surface area (Å²) in [4.78, 5) is 0. The molecule has 0 aromatic carbocycles. The lowest BCUT2D eigenvalue weighted by Crippen LogP contribution is -2.39. The average molecular weight is 266 g/mol. The molecule has 2 nitrogen and oxygen atoms in total. The zero-order chi connectivity index (χ0) is 14.0. The van der Waals surface area contributed by atoms with Gasteiger partial charge in [-0.3, -0.25) is 11.3 Å². The summed E-state index contributed by atoms with van der Waals surface area (Å²) >= 11 is 0. The van der Waals surface area contributed by atoms with E-state index in [-0.39, 0.29) is 0 Å². The Balaban J connectivity index is 1.77. The zero-order valence-corrected chi connectivity index (χ0v) is 13.4. The maximum Gasteiger partial charge on any atom is 0.0215 e. The van der Waals surface area contributed by atoms with Crippen LogP contribution in [0.25, 0.3) is 0 Å². The van der Waals surface area contributed by atoms with Gasteiger partial charge in [0.05, 0.1) is 0 Å². The number of hydrogen-bond donors (Lipinski definition) is 2. The van der Waals surface area contributed by atoms with E-state index >= 15 is 0 Å². The van der Waals surface area contributed by atoms with E-state index < -0.39 is 0 Å². The molecule has 0 amide bonds. The molecule has 0 spiro atoms. The Bertz CT molecular complexity index is 281. The molecule has 2 rings (SSSR count). The molecule has 2 fully saturated rings. The maximum absolute atomic E-state index is 5.81. The minimum atomic E-state index is 0.436. The van der Waals surface area contributed by atoms with Gasteiger partial charge in [0.25, 0.3) is 0 Å². The van der Waals surface area contributed by atoms with Gasteiger partial charge in [-0.15, -0.1) is 0 Å². The molecule has 5 unspecified atom stereocenters. The fourth-order valence-electron chi connectivity index (χ4n) is 4.88. The summed E-state index contributed by atoms with van der Waals surface area (Å²) in [6.45, 7) is 9.40. The van der Waals surface area contributed by atoms with Crippen LogP contribution in [-0.2, 0) is 0 Å². The van der Waals surface area contributed by atoms with Gasteiger partial charge in [0.15, 0.2) is 0 Å². The summed E-state index contributed by atoms with van der Waals surface area (Å²) in [5.41, 5.74) is 3.54. The zero-order valence-electron chi connectivity index (χ0n) is 13.4. The van der Waals surface area contributed by atoms with Crippen molar-refractivity contribution in [2.45, 2.75) is 78.7 Å². The van der Waals surface area contributed by atoms with Crippen molar-refractivity contribution in [3.63, 3.8) is 0 Å².